The van der Waals surface area contributed by atoms with Crippen LogP contribution in [0.15, 0.2) is 4.73 Å². The molecule has 1 saturated carbocycles. The number of nitrogens with one attached hydrogen (secondary N) is 1. The standard InChI is InChI=1S/C9H11BrN2O2/c1-2-14-8(13)7-6(5-3-4-5)11-9(10)12-7/h5H,2-4H2,1H3,(H,11,12). The predicted octanol–water partition coefficient (Wildman–Crippen LogP) is 2.23. The van der Waals surface area contributed by atoms with Crippen LogP contribution in [0.25, 0.3) is 0 Å². The van der Waals surface area contributed by atoms with Gasteiger partial charge in [-0.2, -0.15) is 0 Å². The van der Waals surface area contributed by atoms with E-state index in [2.05, 4.69) is 25.9 Å². The topological polar surface area (TPSA) is 55.0 Å². The number of esters is 1. The molecule has 0 spiro atoms. The normalized spacial score (nSPS) is 15.6. The van der Waals surface area contributed by atoms with Gasteiger partial charge in [0.25, 0.3) is 0 Å². The monoisotopic (exact) mass is 258 g/mol. The van der Waals surface area contributed by atoms with Gasteiger partial charge in [0.05, 0.1) is 12.3 Å². The van der Waals surface area contributed by atoms with Gasteiger partial charge in [-0.1, -0.05) is 0 Å². The van der Waals surface area contributed by atoms with Gasteiger partial charge in [-0.25, -0.2) is 9.78 Å². The lowest BCUT2D eigenvalue weighted by Gasteiger charge is -1.99. The summed E-state index contributed by atoms with van der Waals surface area (Å²) in [6.45, 7) is 2.17. The SMILES string of the molecule is CCOC(=O)c1nc(Br)[nH]c1C1CC1. The lowest BCUT2D eigenvalue weighted by atomic mass is 10.2. The second-order valence-electron chi connectivity index (χ2n) is 3.28. The zero-order valence-electron chi connectivity index (χ0n) is 7.84. The molecule has 1 aromatic heterocycles. The lowest BCUT2D eigenvalue weighted by molar-refractivity contribution is 0.0518. The number of ether oxygens (including phenoxy) is 1. The van der Waals surface area contributed by atoms with Gasteiger partial charge in [-0.15, -0.1) is 0 Å². The maximum atomic E-state index is 11.5. The molecule has 1 heterocycles. The van der Waals surface area contributed by atoms with Crippen molar-refractivity contribution in [3.63, 3.8) is 0 Å². The van der Waals surface area contributed by atoms with Gasteiger partial charge >= 0.3 is 5.97 Å². The van der Waals surface area contributed by atoms with Gasteiger partial charge < -0.3 is 9.72 Å². The quantitative estimate of drug-likeness (QED) is 0.847. The van der Waals surface area contributed by atoms with Crippen LogP contribution in [0.5, 0.6) is 0 Å². The van der Waals surface area contributed by atoms with E-state index in [1.54, 1.807) is 6.92 Å². The Morgan fingerprint density at radius 3 is 3.00 bits per heavy atom. The van der Waals surface area contributed by atoms with Crippen molar-refractivity contribution in [2.75, 3.05) is 6.61 Å². The number of nitrogens with zero attached hydrogens (tertiary/aromatic N) is 1. The third-order valence-electron chi connectivity index (χ3n) is 2.16. The maximum Gasteiger partial charge on any atom is 0.358 e. The Labute approximate surface area is 90.2 Å². The second-order valence-corrected chi connectivity index (χ2v) is 4.04. The number of hydrogen-bond acceptors (Lipinski definition) is 3. The van der Waals surface area contributed by atoms with Crippen molar-refractivity contribution in [2.45, 2.75) is 25.7 Å². The molecular formula is C9H11BrN2O2. The van der Waals surface area contributed by atoms with Crippen LogP contribution in [-0.4, -0.2) is 22.5 Å². The van der Waals surface area contributed by atoms with Gasteiger partial charge in [0.15, 0.2) is 10.4 Å². The molecule has 5 heteroatoms. The third kappa shape index (κ3) is 1.82. The molecule has 1 N–H and O–H groups in total. The first-order valence-electron chi connectivity index (χ1n) is 4.65. The van der Waals surface area contributed by atoms with Crippen LogP contribution in [0.2, 0.25) is 0 Å². The summed E-state index contributed by atoms with van der Waals surface area (Å²) in [5.74, 6) is 0.129. The third-order valence-corrected chi connectivity index (χ3v) is 2.53. The Morgan fingerprint density at radius 1 is 1.71 bits per heavy atom. The van der Waals surface area contributed by atoms with E-state index >= 15 is 0 Å². The van der Waals surface area contributed by atoms with E-state index in [0.717, 1.165) is 18.5 Å². The fourth-order valence-electron chi connectivity index (χ4n) is 1.38. The molecule has 0 unspecified atom stereocenters. The van der Waals surface area contributed by atoms with Crippen LogP contribution in [-0.2, 0) is 4.74 Å². The summed E-state index contributed by atoms with van der Waals surface area (Å²) < 4.78 is 5.52. The van der Waals surface area contributed by atoms with Crippen LogP contribution in [0.3, 0.4) is 0 Å². The summed E-state index contributed by atoms with van der Waals surface area (Å²) in [6.07, 6.45) is 2.25. The van der Waals surface area contributed by atoms with Gasteiger partial charge in [-0.3, -0.25) is 0 Å². The van der Waals surface area contributed by atoms with E-state index in [9.17, 15) is 4.79 Å². The summed E-state index contributed by atoms with van der Waals surface area (Å²) in [6, 6.07) is 0. The molecule has 76 valence electrons. The average molecular weight is 259 g/mol. The Bertz CT molecular complexity index is 358. The van der Waals surface area contributed by atoms with E-state index in [0.29, 0.717) is 23.0 Å². The summed E-state index contributed by atoms with van der Waals surface area (Å²) in [4.78, 5) is 18.6. The molecule has 1 fully saturated rings. The maximum absolute atomic E-state index is 11.5. The Morgan fingerprint density at radius 2 is 2.43 bits per heavy atom. The first kappa shape index (κ1) is 9.71. The first-order valence-corrected chi connectivity index (χ1v) is 5.44. The van der Waals surface area contributed by atoms with E-state index in [-0.39, 0.29) is 5.97 Å². The number of aromatic nitrogens is 2. The molecule has 1 aromatic rings. The molecule has 0 amide bonds. The molecule has 1 aliphatic carbocycles. The molecule has 0 saturated heterocycles. The van der Waals surface area contributed by atoms with Crippen molar-refractivity contribution in [1.82, 2.24) is 9.97 Å². The molecule has 2 rings (SSSR count). The molecule has 14 heavy (non-hydrogen) atoms. The average Bonchev–Trinajstić information content (AvgIpc) is 2.90. The minimum atomic E-state index is -0.337. The molecule has 0 aliphatic heterocycles. The van der Waals surface area contributed by atoms with Gasteiger partial charge in [0, 0.05) is 5.92 Å². The summed E-state index contributed by atoms with van der Waals surface area (Å²) >= 11 is 3.22. The van der Waals surface area contributed by atoms with Gasteiger partial charge in [-0.05, 0) is 35.7 Å². The van der Waals surface area contributed by atoms with E-state index in [4.69, 9.17) is 4.74 Å². The number of imidazole rings is 1. The van der Waals surface area contributed by atoms with E-state index in [1.165, 1.54) is 0 Å². The number of halogens is 1. The number of hydrogen-bond donors (Lipinski definition) is 1. The minimum Gasteiger partial charge on any atom is -0.461 e. The molecule has 0 radical (unpaired) electrons. The van der Waals surface area contributed by atoms with Crippen molar-refractivity contribution in [2.24, 2.45) is 0 Å². The van der Waals surface area contributed by atoms with Crippen molar-refractivity contribution in [1.29, 1.82) is 0 Å². The molecule has 4 nitrogen and oxygen atoms in total. The number of H-pyrrole nitrogens is 1. The van der Waals surface area contributed by atoms with Crippen molar-refractivity contribution in [3.05, 3.63) is 16.1 Å². The van der Waals surface area contributed by atoms with Crippen molar-refractivity contribution < 1.29 is 9.53 Å². The molecule has 0 aromatic carbocycles. The fourth-order valence-corrected chi connectivity index (χ4v) is 1.77. The van der Waals surface area contributed by atoms with E-state index < -0.39 is 0 Å². The second kappa shape index (κ2) is 3.73. The number of carbonyl (C=O) groups is 1. The van der Waals surface area contributed by atoms with Gasteiger partial charge in [0.2, 0.25) is 0 Å². The summed E-state index contributed by atoms with van der Waals surface area (Å²) in [5.41, 5.74) is 1.34. The summed E-state index contributed by atoms with van der Waals surface area (Å²) in [5, 5.41) is 0. The number of rotatable bonds is 3. The molecular weight excluding hydrogens is 248 g/mol. The zero-order chi connectivity index (χ0) is 10.1. The lowest BCUT2D eigenvalue weighted by Crippen LogP contribution is -2.07. The van der Waals surface area contributed by atoms with Crippen LogP contribution >= 0.6 is 15.9 Å². The number of carbonyl (C=O) groups excluding carboxylic acids is 1. The number of aromatic amines is 1. The molecule has 1 aliphatic rings. The molecule has 0 atom stereocenters. The Balaban J connectivity index is 2.26. The van der Waals surface area contributed by atoms with Crippen LogP contribution in [0.4, 0.5) is 0 Å². The van der Waals surface area contributed by atoms with Crippen LogP contribution < -0.4 is 0 Å². The minimum absolute atomic E-state index is 0.337. The molecule has 0 bridgehead atoms. The largest absolute Gasteiger partial charge is 0.461 e. The highest BCUT2D eigenvalue weighted by atomic mass is 79.9. The van der Waals surface area contributed by atoms with Gasteiger partial charge in [0.1, 0.15) is 0 Å². The Kier molecular flexibility index (Phi) is 2.58. The Hall–Kier alpha value is -0.840. The summed E-state index contributed by atoms with van der Waals surface area (Å²) in [7, 11) is 0. The van der Waals surface area contributed by atoms with E-state index in [1.807, 2.05) is 0 Å². The predicted molar refractivity (Wildman–Crippen MR) is 54.2 cm³/mol. The highest BCUT2D eigenvalue weighted by molar-refractivity contribution is 9.10. The smallest absolute Gasteiger partial charge is 0.358 e. The zero-order valence-corrected chi connectivity index (χ0v) is 9.43. The highest BCUT2D eigenvalue weighted by Gasteiger charge is 2.31. The fraction of sp³-hybridized carbons (Fsp3) is 0.556. The van der Waals surface area contributed by atoms with Crippen molar-refractivity contribution in [3.8, 4) is 0 Å². The first-order chi connectivity index (χ1) is 6.72. The van der Waals surface area contributed by atoms with Crippen LogP contribution in [0, 0.1) is 0 Å². The van der Waals surface area contributed by atoms with Crippen LogP contribution in [0.1, 0.15) is 41.9 Å². The highest BCUT2D eigenvalue weighted by Crippen LogP contribution is 2.41. The van der Waals surface area contributed by atoms with Crippen molar-refractivity contribution >= 4 is 21.9 Å².